The van der Waals surface area contributed by atoms with E-state index in [-0.39, 0.29) is 11.4 Å². The first-order valence-corrected chi connectivity index (χ1v) is 5.95. The summed E-state index contributed by atoms with van der Waals surface area (Å²) in [5, 5.41) is 0. The first kappa shape index (κ1) is 15.2. The van der Waals surface area contributed by atoms with Gasteiger partial charge in [0.15, 0.2) is 0 Å². The van der Waals surface area contributed by atoms with E-state index in [4.69, 9.17) is 10.5 Å². The van der Waals surface area contributed by atoms with Crippen LogP contribution in [0.3, 0.4) is 0 Å². The lowest BCUT2D eigenvalue weighted by Crippen LogP contribution is -2.16. The van der Waals surface area contributed by atoms with Crippen molar-refractivity contribution in [2.45, 2.75) is 12.2 Å². The molecule has 1 aromatic carbocycles. The number of benzene rings is 1. The van der Waals surface area contributed by atoms with Crippen LogP contribution in [0.4, 0.5) is 17.6 Å². The van der Waals surface area contributed by atoms with Crippen LogP contribution >= 0.6 is 0 Å². The molecule has 0 spiro atoms. The summed E-state index contributed by atoms with van der Waals surface area (Å²) in [7, 11) is 1.38. The van der Waals surface area contributed by atoms with E-state index in [2.05, 4.69) is 4.98 Å². The summed E-state index contributed by atoms with van der Waals surface area (Å²) in [5.41, 5.74) is 5.13. The van der Waals surface area contributed by atoms with Crippen molar-refractivity contribution in [3.05, 3.63) is 59.0 Å². The van der Waals surface area contributed by atoms with Crippen LogP contribution in [0.15, 0.2) is 36.5 Å². The molecule has 0 radical (unpaired) electrons. The lowest BCUT2D eigenvalue weighted by Gasteiger charge is -2.17. The summed E-state index contributed by atoms with van der Waals surface area (Å²) in [6.45, 7) is 0. The Labute approximate surface area is 118 Å². The molecule has 0 aliphatic rings. The van der Waals surface area contributed by atoms with Gasteiger partial charge >= 0.3 is 6.18 Å². The molecule has 0 aliphatic heterocycles. The van der Waals surface area contributed by atoms with E-state index >= 15 is 0 Å². The number of nitrogens with two attached hydrogens (primary N) is 1. The molecule has 0 saturated heterocycles. The number of hydrogen-bond donors (Lipinski definition) is 1. The number of halogens is 4. The van der Waals surface area contributed by atoms with Crippen LogP contribution in [0.1, 0.15) is 22.7 Å². The minimum atomic E-state index is -4.78. The average molecular weight is 300 g/mol. The largest absolute Gasteiger partial charge is 0.481 e. The molecule has 2 N–H and O–H groups in total. The Morgan fingerprint density at radius 3 is 2.57 bits per heavy atom. The maximum Gasteiger partial charge on any atom is 0.419 e. The van der Waals surface area contributed by atoms with Crippen molar-refractivity contribution in [3.63, 3.8) is 0 Å². The van der Waals surface area contributed by atoms with Gasteiger partial charge in [0.25, 0.3) is 0 Å². The van der Waals surface area contributed by atoms with Gasteiger partial charge in [-0.25, -0.2) is 9.37 Å². The summed E-state index contributed by atoms with van der Waals surface area (Å²) in [4.78, 5) is 3.93. The molecule has 112 valence electrons. The van der Waals surface area contributed by atoms with Gasteiger partial charge < -0.3 is 10.5 Å². The molecule has 0 amide bonds. The van der Waals surface area contributed by atoms with E-state index in [9.17, 15) is 17.6 Å². The maximum atomic E-state index is 13.3. The van der Waals surface area contributed by atoms with Gasteiger partial charge in [0.2, 0.25) is 5.88 Å². The summed E-state index contributed by atoms with van der Waals surface area (Å²) >= 11 is 0. The standard InChI is InChI=1S/C14H12F4N2O/c1-21-13-9(3-2-6-20-13)12(19)8-4-5-11(15)10(7-8)14(16,17)18/h2-7,12H,19H2,1H3. The number of nitrogens with zero attached hydrogens (tertiary/aromatic N) is 1. The molecule has 1 atom stereocenters. The summed E-state index contributed by atoms with van der Waals surface area (Å²) < 4.78 is 56.5. The molecular weight excluding hydrogens is 288 g/mol. The summed E-state index contributed by atoms with van der Waals surface area (Å²) in [6.07, 6.45) is -3.31. The van der Waals surface area contributed by atoms with Gasteiger partial charge in [-0.15, -0.1) is 0 Å². The third-order valence-electron chi connectivity index (χ3n) is 2.98. The van der Waals surface area contributed by atoms with Gasteiger partial charge in [0.05, 0.1) is 18.7 Å². The lowest BCUT2D eigenvalue weighted by molar-refractivity contribution is -0.140. The molecule has 0 fully saturated rings. The molecule has 2 aromatic rings. The fraction of sp³-hybridized carbons (Fsp3) is 0.214. The molecule has 1 aromatic heterocycles. The molecule has 7 heteroatoms. The van der Waals surface area contributed by atoms with Crippen molar-refractivity contribution in [1.82, 2.24) is 4.98 Å². The Morgan fingerprint density at radius 2 is 1.95 bits per heavy atom. The molecule has 0 aliphatic carbocycles. The van der Waals surface area contributed by atoms with Crippen LogP contribution in [-0.4, -0.2) is 12.1 Å². The second kappa shape index (κ2) is 5.69. The topological polar surface area (TPSA) is 48.1 Å². The smallest absolute Gasteiger partial charge is 0.419 e. The van der Waals surface area contributed by atoms with Crippen LogP contribution in [0.25, 0.3) is 0 Å². The van der Waals surface area contributed by atoms with E-state index in [1.165, 1.54) is 19.4 Å². The number of aromatic nitrogens is 1. The zero-order chi connectivity index (χ0) is 15.6. The second-order valence-electron chi connectivity index (χ2n) is 4.32. The number of alkyl halides is 3. The quantitative estimate of drug-likeness (QED) is 0.885. The molecule has 3 nitrogen and oxygen atoms in total. The molecule has 0 bridgehead atoms. The number of pyridine rings is 1. The zero-order valence-corrected chi connectivity index (χ0v) is 11.0. The SMILES string of the molecule is COc1ncccc1C(N)c1ccc(F)c(C(F)(F)F)c1. The third-order valence-corrected chi connectivity index (χ3v) is 2.98. The van der Waals surface area contributed by atoms with Crippen LogP contribution < -0.4 is 10.5 Å². The maximum absolute atomic E-state index is 13.3. The lowest BCUT2D eigenvalue weighted by atomic mass is 9.98. The summed E-state index contributed by atoms with van der Waals surface area (Å²) in [6, 6.07) is 4.93. The Balaban J connectivity index is 2.47. The second-order valence-corrected chi connectivity index (χ2v) is 4.32. The molecule has 1 heterocycles. The van der Waals surface area contributed by atoms with Gasteiger partial charge in [-0.2, -0.15) is 13.2 Å². The van der Waals surface area contributed by atoms with Gasteiger partial charge in [0, 0.05) is 11.8 Å². The highest BCUT2D eigenvalue weighted by molar-refractivity contribution is 5.39. The van der Waals surface area contributed by atoms with E-state index in [0.717, 1.165) is 6.07 Å². The van der Waals surface area contributed by atoms with Crippen molar-refractivity contribution in [3.8, 4) is 5.88 Å². The first-order valence-electron chi connectivity index (χ1n) is 5.95. The highest BCUT2D eigenvalue weighted by Crippen LogP contribution is 2.34. The Morgan fingerprint density at radius 1 is 1.24 bits per heavy atom. The molecule has 21 heavy (non-hydrogen) atoms. The van der Waals surface area contributed by atoms with Gasteiger partial charge in [-0.1, -0.05) is 12.1 Å². The minimum absolute atomic E-state index is 0.120. The number of rotatable bonds is 3. The predicted molar refractivity (Wildman–Crippen MR) is 68.2 cm³/mol. The van der Waals surface area contributed by atoms with Crippen molar-refractivity contribution in [1.29, 1.82) is 0 Å². The first-order chi connectivity index (χ1) is 9.84. The highest BCUT2D eigenvalue weighted by Gasteiger charge is 2.34. The van der Waals surface area contributed by atoms with Crippen molar-refractivity contribution in [2.24, 2.45) is 5.73 Å². The van der Waals surface area contributed by atoms with Crippen LogP contribution in [0, 0.1) is 5.82 Å². The van der Waals surface area contributed by atoms with E-state index in [0.29, 0.717) is 11.6 Å². The Bertz CT molecular complexity index is 643. The normalized spacial score (nSPS) is 13.0. The average Bonchev–Trinajstić information content (AvgIpc) is 2.45. The molecule has 1 unspecified atom stereocenters. The predicted octanol–water partition coefficient (Wildman–Crippen LogP) is 3.30. The third kappa shape index (κ3) is 3.13. The Hall–Kier alpha value is -2.15. The fourth-order valence-corrected chi connectivity index (χ4v) is 1.94. The van der Waals surface area contributed by atoms with Gasteiger partial charge in [0.1, 0.15) is 5.82 Å². The van der Waals surface area contributed by atoms with Crippen LogP contribution in [-0.2, 0) is 6.18 Å². The minimum Gasteiger partial charge on any atom is -0.481 e. The monoisotopic (exact) mass is 300 g/mol. The van der Waals surface area contributed by atoms with Crippen molar-refractivity contribution < 1.29 is 22.3 Å². The van der Waals surface area contributed by atoms with Crippen molar-refractivity contribution in [2.75, 3.05) is 7.11 Å². The summed E-state index contributed by atoms with van der Waals surface area (Å²) in [5.74, 6) is -1.13. The van der Waals surface area contributed by atoms with Crippen LogP contribution in [0.5, 0.6) is 5.88 Å². The van der Waals surface area contributed by atoms with E-state index in [1.54, 1.807) is 12.1 Å². The van der Waals surface area contributed by atoms with Gasteiger partial charge in [-0.3, -0.25) is 0 Å². The molecule has 2 rings (SSSR count). The fourth-order valence-electron chi connectivity index (χ4n) is 1.94. The highest BCUT2D eigenvalue weighted by atomic mass is 19.4. The van der Waals surface area contributed by atoms with E-state index in [1.807, 2.05) is 0 Å². The zero-order valence-electron chi connectivity index (χ0n) is 11.0. The van der Waals surface area contributed by atoms with Crippen molar-refractivity contribution >= 4 is 0 Å². The Kier molecular flexibility index (Phi) is 4.13. The molecular formula is C14H12F4N2O. The van der Waals surface area contributed by atoms with Crippen LogP contribution in [0.2, 0.25) is 0 Å². The number of hydrogen-bond acceptors (Lipinski definition) is 3. The number of methoxy groups -OCH3 is 1. The molecule has 0 saturated carbocycles. The van der Waals surface area contributed by atoms with Gasteiger partial charge in [-0.05, 0) is 23.8 Å². The number of ether oxygens (including phenoxy) is 1. The van der Waals surface area contributed by atoms with E-state index < -0.39 is 23.6 Å².